The molecule has 0 spiro atoms. The summed E-state index contributed by atoms with van der Waals surface area (Å²) in [6.45, 7) is 1.37. The Bertz CT molecular complexity index is 630. The van der Waals surface area contributed by atoms with Crippen molar-refractivity contribution in [1.29, 1.82) is 0 Å². The molecule has 0 saturated carbocycles. The molecule has 0 atom stereocenters. The lowest BCUT2D eigenvalue weighted by Gasteiger charge is -2.29. The molecule has 2 aromatic carbocycles. The summed E-state index contributed by atoms with van der Waals surface area (Å²) in [5.41, 5.74) is 1.84. The largest absolute Gasteiger partial charge is 0.468 e. The summed E-state index contributed by atoms with van der Waals surface area (Å²) in [5, 5.41) is 0. The number of carbonyl (C=O) groups is 2. The van der Waals surface area contributed by atoms with E-state index in [0.29, 0.717) is 13.1 Å². The zero-order valence-electron chi connectivity index (χ0n) is 15.1. The Morgan fingerprint density at radius 3 is 1.35 bits per heavy atom. The molecule has 6 nitrogen and oxygen atoms in total. The highest BCUT2D eigenvalue weighted by molar-refractivity contribution is 5.76. The van der Waals surface area contributed by atoms with Crippen molar-refractivity contribution in [3.8, 4) is 0 Å². The van der Waals surface area contributed by atoms with E-state index in [4.69, 9.17) is 9.47 Å². The standard InChI is InChI=1S/C20H24N2O4/c1-25-19(23)15-21(17-9-5-3-6-10-17)13-14-22(16-20(24)26-2)18-11-7-4-8-12-18/h3-12H,13-16H2,1-2H3. The Labute approximate surface area is 153 Å². The van der Waals surface area contributed by atoms with Gasteiger partial charge in [0.1, 0.15) is 13.1 Å². The molecule has 0 unspecified atom stereocenters. The number of ether oxygens (including phenoxy) is 2. The summed E-state index contributed by atoms with van der Waals surface area (Å²) in [7, 11) is 2.75. The average Bonchev–Trinajstić information content (AvgIpc) is 2.70. The Kier molecular flexibility index (Phi) is 7.49. The van der Waals surface area contributed by atoms with E-state index in [9.17, 15) is 9.59 Å². The molecule has 0 amide bonds. The van der Waals surface area contributed by atoms with Crippen molar-refractivity contribution in [1.82, 2.24) is 0 Å². The minimum absolute atomic E-state index is 0.140. The highest BCUT2D eigenvalue weighted by atomic mass is 16.5. The number of rotatable bonds is 9. The molecular weight excluding hydrogens is 332 g/mol. The van der Waals surface area contributed by atoms with Crippen LogP contribution in [-0.2, 0) is 19.1 Å². The number of carbonyl (C=O) groups excluding carboxylic acids is 2. The van der Waals surface area contributed by atoms with Gasteiger partial charge in [0.2, 0.25) is 0 Å². The molecule has 0 bridgehead atoms. The number of nitrogens with zero attached hydrogens (tertiary/aromatic N) is 2. The third kappa shape index (κ3) is 5.81. The second-order valence-electron chi connectivity index (χ2n) is 5.67. The van der Waals surface area contributed by atoms with Crippen LogP contribution in [0.3, 0.4) is 0 Å². The average molecular weight is 356 g/mol. The number of hydrogen-bond donors (Lipinski definition) is 0. The predicted molar refractivity (Wildman–Crippen MR) is 101 cm³/mol. The second kappa shape index (κ2) is 10.1. The highest BCUT2D eigenvalue weighted by Crippen LogP contribution is 2.16. The Hall–Kier alpha value is -3.02. The summed E-state index contributed by atoms with van der Waals surface area (Å²) in [5.74, 6) is -0.624. The zero-order valence-corrected chi connectivity index (χ0v) is 15.1. The molecule has 0 heterocycles. The molecule has 2 aromatic rings. The van der Waals surface area contributed by atoms with Gasteiger partial charge in [0.05, 0.1) is 14.2 Å². The van der Waals surface area contributed by atoms with Crippen molar-refractivity contribution >= 4 is 23.3 Å². The van der Waals surface area contributed by atoms with Gasteiger partial charge in [0.25, 0.3) is 0 Å². The number of benzene rings is 2. The molecule has 26 heavy (non-hydrogen) atoms. The van der Waals surface area contributed by atoms with Gasteiger partial charge in [0.15, 0.2) is 0 Å². The van der Waals surface area contributed by atoms with Crippen LogP contribution in [0.5, 0.6) is 0 Å². The van der Waals surface area contributed by atoms with E-state index in [1.54, 1.807) is 0 Å². The first-order valence-corrected chi connectivity index (χ1v) is 8.37. The fourth-order valence-electron chi connectivity index (χ4n) is 2.56. The van der Waals surface area contributed by atoms with E-state index in [-0.39, 0.29) is 25.0 Å². The minimum Gasteiger partial charge on any atom is -0.468 e. The summed E-state index contributed by atoms with van der Waals surface area (Å²) >= 11 is 0. The van der Waals surface area contributed by atoms with Gasteiger partial charge >= 0.3 is 11.9 Å². The van der Waals surface area contributed by atoms with Gasteiger partial charge in [-0.15, -0.1) is 0 Å². The van der Waals surface area contributed by atoms with Gasteiger partial charge in [-0.1, -0.05) is 36.4 Å². The summed E-state index contributed by atoms with van der Waals surface area (Å²) < 4.78 is 9.61. The quantitative estimate of drug-likeness (QED) is 0.643. The molecule has 138 valence electrons. The van der Waals surface area contributed by atoms with Crippen LogP contribution in [0.2, 0.25) is 0 Å². The SMILES string of the molecule is COC(=O)CN(CCN(CC(=O)OC)c1ccccc1)c1ccccc1. The number of hydrogen-bond acceptors (Lipinski definition) is 6. The molecule has 0 radical (unpaired) electrons. The molecule has 0 aromatic heterocycles. The van der Waals surface area contributed by atoms with E-state index in [1.807, 2.05) is 70.5 Å². The molecule has 0 N–H and O–H groups in total. The first-order chi connectivity index (χ1) is 12.6. The topological polar surface area (TPSA) is 59.1 Å². The summed E-state index contributed by atoms with van der Waals surface area (Å²) in [4.78, 5) is 27.4. The van der Waals surface area contributed by atoms with E-state index < -0.39 is 0 Å². The van der Waals surface area contributed by atoms with Gasteiger partial charge < -0.3 is 19.3 Å². The summed E-state index contributed by atoms with van der Waals surface area (Å²) in [6.07, 6.45) is 0. The van der Waals surface area contributed by atoms with Crippen molar-refractivity contribution in [3.63, 3.8) is 0 Å². The second-order valence-corrected chi connectivity index (χ2v) is 5.67. The van der Waals surface area contributed by atoms with Crippen LogP contribution in [0.1, 0.15) is 0 Å². The van der Waals surface area contributed by atoms with Gasteiger partial charge in [-0.3, -0.25) is 9.59 Å². The fraction of sp³-hybridized carbons (Fsp3) is 0.300. The zero-order chi connectivity index (χ0) is 18.8. The first-order valence-electron chi connectivity index (χ1n) is 8.37. The number of methoxy groups -OCH3 is 2. The van der Waals surface area contributed by atoms with Crippen LogP contribution in [0, 0.1) is 0 Å². The van der Waals surface area contributed by atoms with Crippen molar-refractivity contribution in [2.45, 2.75) is 0 Å². The Balaban J connectivity index is 2.14. The molecule has 0 fully saturated rings. The Morgan fingerprint density at radius 2 is 1.04 bits per heavy atom. The highest BCUT2D eigenvalue weighted by Gasteiger charge is 2.16. The van der Waals surface area contributed by atoms with Crippen LogP contribution in [0.15, 0.2) is 60.7 Å². The predicted octanol–water partition coefficient (Wildman–Crippen LogP) is 2.35. The van der Waals surface area contributed by atoms with Gasteiger partial charge in [-0.2, -0.15) is 0 Å². The smallest absolute Gasteiger partial charge is 0.325 e. The van der Waals surface area contributed by atoms with Crippen molar-refractivity contribution in [3.05, 3.63) is 60.7 Å². The van der Waals surface area contributed by atoms with Crippen LogP contribution in [-0.4, -0.2) is 52.3 Å². The maximum atomic E-state index is 11.8. The third-order valence-corrected chi connectivity index (χ3v) is 3.98. The van der Waals surface area contributed by atoms with Gasteiger partial charge in [-0.25, -0.2) is 0 Å². The lowest BCUT2D eigenvalue weighted by atomic mass is 10.2. The lowest BCUT2D eigenvalue weighted by molar-refractivity contribution is -0.140. The van der Waals surface area contributed by atoms with Crippen molar-refractivity contribution in [2.24, 2.45) is 0 Å². The van der Waals surface area contributed by atoms with Crippen LogP contribution in [0.4, 0.5) is 11.4 Å². The van der Waals surface area contributed by atoms with E-state index in [1.165, 1.54) is 14.2 Å². The maximum Gasteiger partial charge on any atom is 0.325 e. The third-order valence-electron chi connectivity index (χ3n) is 3.98. The minimum atomic E-state index is -0.312. The van der Waals surface area contributed by atoms with Crippen LogP contribution in [0.25, 0.3) is 0 Å². The fourth-order valence-corrected chi connectivity index (χ4v) is 2.56. The van der Waals surface area contributed by atoms with Gasteiger partial charge in [-0.05, 0) is 24.3 Å². The molecule has 0 aliphatic rings. The molecule has 2 rings (SSSR count). The normalized spacial score (nSPS) is 10.1. The van der Waals surface area contributed by atoms with E-state index >= 15 is 0 Å². The monoisotopic (exact) mass is 356 g/mol. The van der Waals surface area contributed by atoms with Crippen LogP contribution < -0.4 is 9.80 Å². The van der Waals surface area contributed by atoms with Crippen molar-refractivity contribution in [2.75, 3.05) is 50.2 Å². The van der Waals surface area contributed by atoms with E-state index in [2.05, 4.69) is 0 Å². The molecule has 0 aliphatic carbocycles. The maximum absolute atomic E-state index is 11.8. The number of para-hydroxylation sites is 2. The number of esters is 2. The van der Waals surface area contributed by atoms with Crippen molar-refractivity contribution < 1.29 is 19.1 Å². The van der Waals surface area contributed by atoms with Gasteiger partial charge in [0, 0.05) is 24.5 Å². The first kappa shape index (κ1) is 19.3. The van der Waals surface area contributed by atoms with Crippen LogP contribution >= 0.6 is 0 Å². The lowest BCUT2D eigenvalue weighted by Crippen LogP contribution is -2.40. The molecule has 0 saturated heterocycles. The Morgan fingerprint density at radius 1 is 0.692 bits per heavy atom. The molecule has 0 aliphatic heterocycles. The van der Waals surface area contributed by atoms with E-state index in [0.717, 1.165) is 11.4 Å². The number of anilines is 2. The summed E-state index contributed by atoms with van der Waals surface area (Å²) in [6, 6.07) is 19.3. The molecular formula is C20H24N2O4. The molecule has 6 heteroatoms.